The van der Waals surface area contributed by atoms with Crippen LogP contribution in [0.2, 0.25) is 0 Å². The first-order chi connectivity index (χ1) is 15.6. The second-order valence-corrected chi connectivity index (χ2v) is 8.28. The third-order valence-corrected chi connectivity index (χ3v) is 6.22. The summed E-state index contributed by atoms with van der Waals surface area (Å²) in [6.45, 7) is 1.97. The molecule has 4 rings (SSSR count). The molecule has 1 N–H and O–H groups in total. The number of ether oxygens (including phenoxy) is 1. The molecule has 0 saturated heterocycles. The monoisotopic (exact) mass is 445 g/mol. The Morgan fingerprint density at radius 1 is 1.09 bits per heavy atom. The zero-order chi connectivity index (χ0) is 22.5. The van der Waals surface area contributed by atoms with E-state index >= 15 is 0 Å². The summed E-state index contributed by atoms with van der Waals surface area (Å²) in [6.07, 6.45) is 3.45. The minimum atomic E-state index is -0.536. The Kier molecular flexibility index (Phi) is 6.51. The number of amides is 1. The summed E-state index contributed by atoms with van der Waals surface area (Å²) in [5.41, 5.74) is 3.39. The molecular formula is C24H23N5O2S. The van der Waals surface area contributed by atoms with Gasteiger partial charge < -0.3 is 14.6 Å². The molecule has 1 unspecified atom stereocenters. The lowest BCUT2D eigenvalue weighted by molar-refractivity contribution is -0.115. The van der Waals surface area contributed by atoms with Gasteiger partial charge in [0.25, 0.3) is 0 Å². The van der Waals surface area contributed by atoms with Gasteiger partial charge in [0.2, 0.25) is 5.91 Å². The molecule has 2 heterocycles. The van der Waals surface area contributed by atoms with Gasteiger partial charge in [-0.15, -0.1) is 10.2 Å². The van der Waals surface area contributed by atoms with Gasteiger partial charge in [0.1, 0.15) is 11.0 Å². The van der Waals surface area contributed by atoms with Crippen molar-refractivity contribution in [2.45, 2.75) is 17.3 Å². The Bertz CT molecular complexity index is 1210. The van der Waals surface area contributed by atoms with Crippen LogP contribution in [0.5, 0.6) is 5.75 Å². The summed E-state index contributed by atoms with van der Waals surface area (Å²) in [4.78, 5) is 17.6. The van der Waals surface area contributed by atoms with Gasteiger partial charge in [-0.3, -0.25) is 9.78 Å². The van der Waals surface area contributed by atoms with E-state index in [2.05, 4.69) is 20.5 Å². The number of rotatable bonds is 7. The van der Waals surface area contributed by atoms with E-state index < -0.39 is 5.25 Å². The lowest BCUT2D eigenvalue weighted by Gasteiger charge is -2.18. The first-order valence-corrected chi connectivity index (χ1v) is 10.9. The number of hydrogen-bond donors (Lipinski definition) is 1. The first-order valence-electron chi connectivity index (χ1n) is 10.0. The summed E-state index contributed by atoms with van der Waals surface area (Å²) in [5, 5.41) is 11.8. The SMILES string of the molecule is COc1ccc(C)cc1NC(=O)C(Sc1nnc(-c2cccnc2)n1C)c1ccccc1. The standard InChI is InChI=1S/C24H23N5O2S/c1-16-11-12-20(31-3)19(14-16)26-23(30)21(17-8-5-4-6-9-17)32-24-28-27-22(29(24)2)18-10-7-13-25-15-18/h4-15,21H,1-3H3,(H,26,30). The van der Waals surface area contributed by atoms with Gasteiger partial charge in [-0.1, -0.05) is 48.2 Å². The number of aromatic nitrogens is 4. The molecule has 0 bridgehead atoms. The van der Waals surface area contributed by atoms with Crippen LogP contribution in [0.15, 0.2) is 78.2 Å². The maximum absolute atomic E-state index is 13.4. The number of nitrogens with zero attached hydrogens (tertiary/aromatic N) is 4. The van der Waals surface area contributed by atoms with Crippen LogP contribution in [0, 0.1) is 6.92 Å². The topological polar surface area (TPSA) is 81.9 Å². The molecule has 1 amide bonds. The van der Waals surface area contributed by atoms with Gasteiger partial charge in [0.05, 0.1) is 12.8 Å². The van der Waals surface area contributed by atoms with Gasteiger partial charge in [-0.2, -0.15) is 0 Å². The Hall–Kier alpha value is -3.65. The molecule has 7 nitrogen and oxygen atoms in total. The lowest BCUT2D eigenvalue weighted by Crippen LogP contribution is -2.20. The maximum atomic E-state index is 13.4. The number of hydrogen-bond acceptors (Lipinski definition) is 6. The highest BCUT2D eigenvalue weighted by Gasteiger charge is 2.26. The van der Waals surface area contributed by atoms with Crippen molar-refractivity contribution in [3.8, 4) is 17.1 Å². The fraction of sp³-hybridized carbons (Fsp3) is 0.167. The van der Waals surface area contributed by atoms with Crippen LogP contribution in [-0.4, -0.2) is 32.8 Å². The Morgan fingerprint density at radius 2 is 1.91 bits per heavy atom. The smallest absolute Gasteiger partial charge is 0.242 e. The van der Waals surface area contributed by atoms with Gasteiger partial charge in [0.15, 0.2) is 11.0 Å². The number of pyridine rings is 1. The fourth-order valence-electron chi connectivity index (χ4n) is 3.29. The molecule has 0 saturated carbocycles. The zero-order valence-electron chi connectivity index (χ0n) is 18.0. The van der Waals surface area contributed by atoms with E-state index in [0.29, 0.717) is 22.4 Å². The highest BCUT2D eigenvalue weighted by Crippen LogP contribution is 2.37. The number of carbonyl (C=O) groups is 1. The molecule has 0 aliphatic rings. The minimum Gasteiger partial charge on any atom is -0.495 e. The molecule has 8 heteroatoms. The van der Waals surface area contributed by atoms with Crippen molar-refractivity contribution in [1.29, 1.82) is 0 Å². The number of anilines is 1. The van der Waals surface area contributed by atoms with E-state index in [9.17, 15) is 4.79 Å². The number of methoxy groups -OCH3 is 1. The summed E-state index contributed by atoms with van der Waals surface area (Å²) < 4.78 is 7.30. The summed E-state index contributed by atoms with van der Waals surface area (Å²) in [7, 11) is 3.47. The summed E-state index contributed by atoms with van der Waals surface area (Å²) in [5.74, 6) is 1.13. The number of aryl methyl sites for hydroxylation is 1. The van der Waals surface area contributed by atoms with Crippen LogP contribution in [0.1, 0.15) is 16.4 Å². The molecule has 162 valence electrons. The van der Waals surface area contributed by atoms with E-state index in [1.54, 1.807) is 19.5 Å². The molecular weight excluding hydrogens is 422 g/mol. The number of carbonyl (C=O) groups excluding carboxylic acids is 1. The van der Waals surface area contributed by atoms with E-state index in [4.69, 9.17) is 4.74 Å². The highest BCUT2D eigenvalue weighted by molar-refractivity contribution is 8.00. The third-order valence-electron chi connectivity index (χ3n) is 4.93. The molecule has 32 heavy (non-hydrogen) atoms. The second-order valence-electron chi connectivity index (χ2n) is 7.21. The van der Waals surface area contributed by atoms with Crippen LogP contribution >= 0.6 is 11.8 Å². The third kappa shape index (κ3) is 4.65. The van der Waals surface area contributed by atoms with E-state index in [1.165, 1.54) is 11.8 Å². The molecule has 4 aromatic rings. The van der Waals surface area contributed by atoms with Crippen LogP contribution in [0.4, 0.5) is 5.69 Å². The number of nitrogens with one attached hydrogen (secondary N) is 1. The average molecular weight is 446 g/mol. The minimum absolute atomic E-state index is 0.170. The quantitative estimate of drug-likeness (QED) is 0.417. The van der Waals surface area contributed by atoms with Crippen LogP contribution < -0.4 is 10.1 Å². The number of benzene rings is 2. The van der Waals surface area contributed by atoms with Crippen molar-refractivity contribution in [2.75, 3.05) is 12.4 Å². The van der Waals surface area contributed by atoms with Crippen molar-refractivity contribution in [2.24, 2.45) is 7.05 Å². The van der Waals surface area contributed by atoms with Crippen molar-refractivity contribution < 1.29 is 9.53 Å². The molecule has 1 atom stereocenters. The van der Waals surface area contributed by atoms with Crippen LogP contribution in [0.3, 0.4) is 0 Å². The molecule has 2 aromatic heterocycles. The predicted molar refractivity (Wildman–Crippen MR) is 126 cm³/mol. The lowest BCUT2D eigenvalue weighted by atomic mass is 10.1. The molecule has 2 aromatic carbocycles. The van der Waals surface area contributed by atoms with Crippen molar-refractivity contribution in [3.63, 3.8) is 0 Å². The molecule has 0 radical (unpaired) electrons. The van der Waals surface area contributed by atoms with Crippen molar-refractivity contribution >= 4 is 23.4 Å². The van der Waals surface area contributed by atoms with E-state index in [0.717, 1.165) is 16.7 Å². The first kappa shape index (κ1) is 21.6. The molecule has 0 aliphatic carbocycles. The van der Waals surface area contributed by atoms with Crippen molar-refractivity contribution in [1.82, 2.24) is 19.7 Å². The van der Waals surface area contributed by atoms with Crippen molar-refractivity contribution in [3.05, 3.63) is 84.2 Å². The molecule has 0 aliphatic heterocycles. The predicted octanol–water partition coefficient (Wildman–Crippen LogP) is 4.67. The van der Waals surface area contributed by atoms with E-state index in [-0.39, 0.29) is 5.91 Å². The Morgan fingerprint density at radius 3 is 2.62 bits per heavy atom. The Labute approximate surface area is 190 Å². The maximum Gasteiger partial charge on any atom is 0.242 e. The highest BCUT2D eigenvalue weighted by atomic mass is 32.2. The number of thioether (sulfide) groups is 1. The van der Waals surface area contributed by atoms with Crippen LogP contribution in [0.25, 0.3) is 11.4 Å². The fourth-order valence-corrected chi connectivity index (χ4v) is 4.29. The van der Waals surface area contributed by atoms with Gasteiger partial charge >= 0.3 is 0 Å². The zero-order valence-corrected chi connectivity index (χ0v) is 18.8. The van der Waals surface area contributed by atoms with Gasteiger partial charge in [-0.05, 0) is 42.3 Å². The molecule has 0 spiro atoms. The average Bonchev–Trinajstić information content (AvgIpc) is 3.18. The Balaban J connectivity index is 1.65. The van der Waals surface area contributed by atoms with Crippen LogP contribution in [-0.2, 0) is 11.8 Å². The van der Waals surface area contributed by atoms with E-state index in [1.807, 2.05) is 79.2 Å². The summed E-state index contributed by atoms with van der Waals surface area (Å²) >= 11 is 1.35. The second kappa shape index (κ2) is 9.65. The van der Waals surface area contributed by atoms with Gasteiger partial charge in [-0.25, -0.2) is 0 Å². The van der Waals surface area contributed by atoms with Gasteiger partial charge in [0, 0.05) is 25.0 Å². The largest absolute Gasteiger partial charge is 0.495 e. The normalized spacial score (nSPS) is 11.7. The summed E-state index contributed by atoms with van der Waals surface area (Å²) in [6, 6.07) is 19.1. The molecule has 0 fully saturated rings.